The Hall–Kier alpha value is -2.83. The van der Waals surface area contributed by atoms with Gasteiger partial charge < -0.3 is 10.2 Å². The molecule has 0 spiro atoms. The number of halogens is 3. The summed E-state index contributed by atoms with van der Waals surface area (Å²) in [6.45, 7) is 0. The van der Waals surface area contributed by atoms with Crippen molar-refractivity contribution in [3.8, 4) is 0 Å². The number of hydrogen-bond donors (Lipinski definition) is 1. The minimum atomic E-state index is -4.40. The van der Waals surface area contributed by atoms with Crippen molar-refractivity contribution in [2.24, 2.45) is 0 Å². The lowest BCUT2D eigenvalue weighted by Gasteiger charge is -2.12. The lowest BCUT2D eigenvalue weighted by atomic mass is 10.1. The molecule has 2 aromatic rings. The number of alkyl halides is 3. The van der Waals surface area contributed by atoms with E-state index in [-0.39, 0.29) is 18.2 Å². The topological polar surface area (TPSA) is 49.4 Å². The quantitative estimate of drug-likeness (QED) is 0.916. The first-order valence-corrected chi connectivity index (χ1v) is 7.44. The predicted molar refractivity (Wildman–Crippen MR) is 88.2 cm³/mol. The van der Waals surface area contributed by atoms with Crippen molar-refractivity contribution in [1.29, 1.82) is 0 Å². The van der Waals surface area contributed by atoms with Crippen LogP contribution in [0, 0.1) is 0 Å². The zero-order valence-corrected chi connectivity index (χ0v) is 13.7. The molecule has 0 fully saturated rings. The number of nitrogens with zero attached hydrogens (tertiary/aromatic N) is 1. The Balaban J connectivity index is 2.03. The minimum absolute atomic E-state index is 0.0655. The summed E-state index contributed by atoms with van der Waals surface area (Å²) in [6.07, 6.45) is -4.47. The maximum absolute atomic E-state index is 12.5. The molecule has 0 unspecified atom stereocenters. The third-order valence-corrected chi connectivity index (χ3v) is 3.45. The van der Waals surface area contributed by atoms with Crippen LogP contribution in [0.4, 0.5) is 18.9 Å². The van der Waals surface area contributed by atoms with Gasteiger partial charge in [-0.15, -0.1) is 0 Å². The van der Waals surface area contributed by atoms with E-state index in [9.17, 15) is 22.8 Å². The standard InChI is InChI=1S/C18H17F3N2O2/c1-23(2)17(25)13-4-3-5-15(11-13)22-16(24)10-12-6-8-14(9-7-12)18(19,20)21/h3-9,11H,10H2,1-2H3,(H,22,24). The summed E-state index contributed by atoms with van der Waals surface area (Å²) in [5.74, 6) is -0.576. The molecule has 0 aliphatic rings. The minimum Gasteiger partial charge on any atom is -0.345 e. The van der Waals surface area contributed by atoms with Gasteiger partial charge in [0.25, 0.3) is 5.91 Å². The fourth-order valence-corrected chi connectivity index (χ4v) is 2.19. The third-order valence-electron chi connectivity index (χ3n) is 3.45. The molecule has 0 aromatic heterocycles. The van der Waals surface area contributed by atoms with E-state index < -0.39 is 11.7 Å². The van der Waals surface area contributed by atoms with Crippen LogP contribution in [0.15, 0.2) is 48.5 Å². The second kappa shape index (κ2) is 7.38. The molecule has 7 heteroatoms. The molecule has 132 valence electrons. The lowest BCUT2D eigenvalue weighted by Crippen LogP contribution is -2.22. The Labute approximate surface area is 143 Å². The molecule has 4 nitrogen and oxygen atoms in total. The van der Waals surface area contributed by atoms with E-state index in [2.05, 4.69) is 5.32 Å². The number of carbonyl (C=O) groups excluding carboxylic acids is 2. The highest BCUT2D eigenvalue weighted by atomic mass is 19.4. The first kappa shape index (κ1) is 18.5. The summed E-state index contributed by atoms with van der Waals surface area (Å²) < 4.78 is 37.6. The van der Waals surface area contributed by atoms with Crippen LogP contribution in [0.5, 0.6) is 0 Å². The Morgan fingerprint density at radius 1 is 1.04 bits per heavy atom. The molecule has 2 amide bonds. The van der Waals surface area contributed by atoms with Crippen molar-refractivity contribution in [2.45, 2.75) is 12.6 Å². The molecule has 2 aromatic carbocycles. The molecule has 0 atom stereocenters. The normalized spacial score (nSPS) is 11.1. The van der Waals surface area contributed by atoms with Gasteiger partial charge in [0, 0.05) is 25.3 Å². The fourth-order valence-electron chi connectivity index (χ4n) is 2.19. The van der Waals surface area contributed by atoms with Crippen LogP contribution < -0.4 is 5.32 Å². The number of benzene rings is 2. The molecular weight excluding hydrogens is 333 g/mol. The van der Waals surface area contributed by atoms with Crippen molar-refractivity contribution in [3.05, 3.63) is 65.2 Å². The molecule has 0 bridgehead atoms. The Morgan fingerprint density at radius 3 is 2.24 bits per heavy atom. The van der Waals surface area contributed by atoms with E-state index in [0.717, 1.165) is 12.1 Å². The molecule has 25 heavy (non-hydrogen) atoms. The molecule has 0 radical (unpaired) electrons. The summed E-state index contributed by atoms with van der Waals surface area (Å²) in [5, 5.41) is 2.64. The molecule has 0 saturated heterocycles. The maximum atomic E-state index is 12.5. The van der Waals surface area contributed by atoms with Gasteiger partial charge in [0.05, 0.1) is 12.0 Å². The molecule has 0 aliphatic carbocycles. The number of anilines is 1. The van der Waals surface area contributed by atoms with Gasteiger partial charge in [-0.05, 0) is 35.9 Å². The second-order valence-electron chi connectivity index (χ2n) is 5.70. The zero-order chi connectivity index (χ0) is 18.6. The molecule has 2 rings (SSSR count). The molecular formula is C18H17F3N2O2. The van der Waals surface area contributed by atoms with Crippen molar-refractivity contribution < 1.29 is 22.8 Å². The SMILES string of the molecule is CN(C)C(=O)c1cccc(NC(=O)Cc2ccc(C(F)(F)F)cc2)c1. The van der Waals surface area contributed by atoms with Gasteiger partial charge >= 0.3 is 6.18 Å². The highest BCUT2D eigenvalue weighted by Gasteiger charge is 2.29. The maximum Gasteiger partial charge on any atom is 0.416 e. The van der Waals surface area contributed by atoms with Gasteiger partial charge in [0.1, 0.15) is 0 Å². The van der Waals surface area contributed by atoms with E-state index in [1.54, 1.807) is 38.4 Å². The van der Waals surface area contributed by atoms with Gasteiger partial charge in [0.15, 0.2) is 0 Å². The summed E-state index contributed by atoms with van der Waals surface area (Å²) in [5.41, 5.74) is 0.583. The average molecular weight is 350 g/mol. The van der Waals surface area contributed by atoms with Crippen molar-refractivity contribution in [2.75, 3.05) is 19.4 Å². The molecule has 0 saturated carbocycles. The van der Waals surface area contributed by atoms with Gasteiger partial charge in [-0.1, -0.05) is 18.2 Å². The molecule has 0 aliphatic heterocycles. The van der Waals surface area contributed by atoms with E-state index in [0.29, 0.717) is 16.8 Å². The predicted octanol–water partition coefficient (Wildman–Crippen LogP) is 3.59. The Kier molecular flexibility index (Phi) is 5.46. The number of amides is 2. The third kappa shape index (κ3) is 5.07. The molecule has 1 N–H and O–H groups in total. The first-order chi connectivity index (χ1) is 11.7. The van der Waals surface area contributed by atoms with Crippen LogP contribution >= 0.6 is 0 Å². The first-order valence-electron chi connectivity index (χ1n) is 7.44. The number of carbonyl (C=O) groups is 2. The van der Waals surface area contributed by atoms with Crippen LogP contribution in [0.1, 0.15) is 21.5 Å². The number of hydrogen-bond acceptors (Lipinski definition) is 2. The van der Waals surface area contributed by atoms with E-state index in [1.165, 1.54) is 17.0 Å². The highest BCUT2D eigenvalue weighted by Crippen LogP contribution is 2.29. The Morgan fingerprint density at radius 2 is 1.68 bits per heavy atom. The Bertz CT molecular complexity index is 769. The summed E-state index contributed by atoms with van der Waals surface area (Å²) in [6, 6.07) is 10.9. The number of rotatable bonds is 4. The van der Waals surface area contributed by atoms with Crippen LogP contribution in [-0.4, -0.2) is 30.8 Å². The summed E-state index contributed by atoms with van der Waals surface area (Å²) in [4.78, 5) is 25.4. The van der Waals surface area contributed by atoms with Crippen molar-refractivity contribution in [1.82, 2.24) is 4.90 Å². The molecule has 0 heterocycles. The summed E-state index contributed by atoms with van der Waals surface area (Å²) in [7, 11) is 3.25. The highest BCUT2D eigenvalue weighted by molar-refractivity contribution is 5.97. The van der Waals surface area contributed by atoms with Crippen LogP contribution in [-0.2, 0) is 17.4 Å². The van der Waals surface area contributed by atoms with E-state index in [1.807, 2.05) is 0 Å². The van der Waals surface area contributed by atoms with Crippen molar-refractivity contribution in [3.63, 3.8) is 0 Å². The fraction of sp³-hybridized carbons (Fsp3) is 0.222. The van der Waals surface area contributed by atoms with Gasteiger partial charge in [-0.25, -0.2) is 0 Å². The number of nitrogens with one attached hydrogen (secondary N) is 1. The monoisotopic (exact) mass is 350 g/mol. The van der Waals surface area contributed by atoms with Crippen LogP contribution in [0.25, 0.3) is 0 Å². The average Bonchev–Trinajstić information content (AvgIpc) is 2.53. The smallest absolute Gasteiger partial charge is 0.345 e. The van der Waals surface area contributed by atoms with Crippen LogP contribution in [0.2, 0.25) is 0 Å². The van der Waals surface area contributed by atoms with Gasteiger partial charge in [-0.3, -0.25) is 9.59 Å². The van der Waals surface area contributed by atoms with E-state index in [4.69, 9.17) is 0 Å². The lowest BCUT2D eigenvalue weighted by molar-refractivity contribution is -0.137. The summed E-state index contributed by atoms with van der Waals surface area (Å²) >= 11 is 0. The van der Waals surface area contributed by atoms with Crippen molar-refractivity contribution >= 4 is 17.5 Å². The largest absolute Gasteiger partial charge is 0.416 e. The van der Waals surface area contributed by atoms with E-state index >= 15 is 0 Å². The second-order valence-corrected chi connectivity index (χ2v) is 5.70. The van der Waals surface area contributed by atoms with Gasteiger partial charge in [0.2, 0.25) is 5.91 Å². The van der Waals surface area contributed by atoms with Gasteiger partial charge in [-0.2, -0.15) is 13.2 Å². The van der Waals surface area contributed by atoms with Crippen LogP contribution in [0.3, 0.4) is 0 Å². The zero-order valence-electron chi connectivity index (χ0n) is 13.7.